The number of rotatable bonds is 6. The van der Waals surface area contributed by atoms with Gasteiger partial charge in [0.25, 0.3) is 10.0 Å². The van der Waals surface area contributed by atoms with Gasteiger partial charge in [-0.3, -0.25) is 4.72 Å². The van der Waals surface area contributed by atoms with Crippen LogP contribution in [0.1, 0.15) is 5.56 Å². The molecule has 0 bridgehead atoms. The molecular weight excluding hydrogens is 444 g/mol. The lowest BCUT2D eigenvalue weighted by atomic mass is 10.1. The summed E-state index contributed by atoms with van der Waals surface area (Å²) < 4.78 is 28.9. The Kier molecular flexibility index (Phi) is 5.69. The molecule has 0 unspecified atom stereocenters. The molecular formula is C27H22N4O2S. The summed E-state index contributed by atoms with van der Waals surface area (Å²) in [7, 11) is -3.78. The van der Waals surface area contributed by atoms with Gasteiger partial charge in [-0.25, -0.2) is 18.4 Å². The van der Waals surface area contributed by atoms with Crippen LogP contribution in [0.15, 0.2) is 108 Å². The molecule has 0 saturated carbocycles. The van der Waals surface area contributed by atoms with E-state index in [4.69, 9.17) is 9.97 Å². The topological polar surface area (TPSA) is 84.0 Å². The minimum Gasteiger partial charge on any atom is -0.340 e. The van der Waals surface area contributed by atoms with Gasteiger partial charge in [0.05, 0.1) is 10.4 Å². The van der Waals surface area contributed by atoms with Gasteiger partial charge in [-0.05, 0) is 48.9 Å². The predicted octanol–water partition coefficient (Wildman–Crippen LogP) is 6.15. The standard InChI is InChI=1S/C27H22N4O2S/c1-19-16-17-22(18-25(19)34(32,33)31-21-12-6-3-7-13-21)28-27-23-14-8-9-15-24(23)29-26(30-27)20-10-4-2-5-11-20/h2-18,31H,1H3,(H,28,29,30). The average molecular weight is 467 g/mol. The Morgan fingerprint density at radius 3 is 2.15 bits per heavy atom. The fourth-order valence-corrected chi connectivity index (χ4v) is 5.04. The molecule has 5 rings (SSSR count). The van der Waals surface area contributed by atoms with Crippen molar-refractivity contribution in [2.45, 2.75) is 11.8 Å². The summed E-state index contributed by atoms with van der Waals surface area (Å²) in [6.07, 6.45) is 0. The molecule has 0 aliphatic carbocycles. The lowest BCUT2D eigenvalue weighted by molar-refractivity contribution is 0.600. The summed E-state index contributed by atoms with van der Waals surface area (Å²) in [5.41, 5.74) is 3.46. The van der Waals surface area contributed by atoms with Gasteiger partial charge in [0.15, 0.2) is 5.82 Å². The molecule has 0 amide bonds. The molecule has 0 saturated heterocycles. The number of para-hydroxylation sites is 2. The molecule has 0 spiro atoms. The number of aromatic nitrogens is 2. The quantitative estimate of drug-likeness (QED) is 0.314. The second kappa shape index (κ2) is 8.96. The molecule has 1 aromatic heterocycles. The van der Waals surface area contributed by atoms with Crippen LogP contribution in [-0.2, 0) is 10.0 Å². The van der Waals surface area contributed by atoms with Gasteiger partial charge in [-0.15, -0.1) is 0 Å². The van der Waals surface area contributed by atoms with Gasteiger partial charge in [0.2, 0.25) is 0 Å². The molecule has 0 radical (unpaired) electrons. The van der Waals surface area contributed by atoms with E-state index < -0.39 is 10.0 Å². The molecule has 0 aliphatic heterocycles. The van der Waals surface area contributed by atoms with Crippen LogP contribution in [0, 0.1) is 6.92 Å². The molecule has 168 valence electrons. The molecule has 0 aliphatic rings. The number of sulfonamides is 1. The van der Waals surface area contributed by atoms with Crippen LogP contribution in [0.2, 0.25) is 0 Å². The number of benzene rings is 4. The Labute approximate surface area is 198 Å². The Morgan fingerprint density at radius 2 is 1.38 bits per heavy atom. The molecule has 34 heavy (non-hydrogen) atoms. The van der Waals surface area contributed by atoms with E-state index in [2.05, 4.69) is 10.0 Å². The smallest absolute Gasteiger partial charge is 0.262 e. The molecule has 0 fully saturated rings. The normalized spacial score (nSPS) is 11.3. The number of fused-ring (bicyclic) bond motifs is 1. The van der Waals surface area contributed by atoms with Crippen molar-refractivity contribution >= 4 is 38.1 Å². The van der Waals surface area contributed by atoms with E-state index in [-0.39, 0.29) is 4.90 Å². The number of hydrogen-bond donors (Lipinski definition) is 2. The fraction of sp³-hybridized carbons (Fsp3) is 0.0370. The van der Waals surface area contributed by atoms with Crippen molar-refractivity contribution in [2.24, 2.45) is 0 Å². The summed E-state index contributed by atoms with van der Waals surface area (Å²) in [6.45, 7) is 1.77. The molecule has 5 aromatic rings. The monoisotopic (exact) mass is 466 g/mol. The maximum atomic E-state index is 13.1. The molecule has 6 nitrogen and oxygen atoms in total. The zero-order valence-corrected chi connectivity index (χ0v) is 19.3. The van der Waals surface area contributed by atoms with Crippen LogP contribution in [0.3, 0.4) is 0 Å². The van der Waals surface area contributed by atoms with Gasteiger partial charge in [0.1, 0.15) is 5.82 Å². The summed E-state index contributed by atoms with van der Waals surface area (Å²) >= 11 is 0. The first kappa shape index (κ1) is 21.6. The largest absolute Gasteiger partial charge is 0.340 e. The summed E-state index contributed by atoms with van der Waals surface area (Å²) in [4.78, 5) is 9.67. The van der Waals surface area contributed by atoms with Crippen LogP contribution in [0.4, 0.5) is 17.2 Å². The summed E-state index contributed by atoms with van der Waals surface area (Å²) in [5.74, 6) is 1.19. The van der Waals surface area contributed by atoms with Crippen molar-refractivity contribution in [2.75, 3.05) is 10.0 Å². The predicted molar refractivity (Wildman–Crippen MR) is 137 cm³/mol. The highest BCUT2D eigenvalue weighted by Gasteiger charge is 2.18. The van der Waals surface area contributed by atoms with Crippen molar-refractivity contribution in [3.63, 3.8) is 0 Å². The minimum absolute atomic E-state index is 0.197. The Balaban J connectivity index is 1.55. The summed E-state index contributed by atoms with van der Waals surface area (Å²) in [5, 5.41) is 4.16. The number of anilines is 3. The lowest BCUT2D eigenvalue weighted by Crippen LogP contribution is -2.14. The third-order valence-corrected chi connectivity index (χ3v) is 6.92. The van der Waals surface area contributed by atoms with E-state index in [1.54, 1.807) is 43.3 Å². The lowest BCUT2D eigenvalue weighted by Gasteiger charge is -2.14. The highest BCUT2D eigenvalue weighted by atomic mass is 32.2. The van der Waals surface area contributed by atoms with Crippen LogP contribution < -0.4 is 10.0 Å². The first-order chi connectivity index (χ1) is 16.5. The Morgan fingerprint density at radius 1 is 0.706 bits per heavy atom. The van der Waals surface area contributed by atoms with E-state index in [0.29, 0.717) is 28.6 Å². The first-order valence-corrected chi connectivity index (χ1v) is 12.3. The van der Waals surface area contributed by atoms with E-state index >= 15 is 0 Å². The van der Waals surface area contributed by atoms with Crippen LogP contribution >= 0.6 is 0 Å². The Hall–Kier alpha value is -4.23. The zero-order valence-electron chi connectivity index (χ0n) is 18.4. The number of aryl methyl sites for hydroxylation is 1. The SMILES string of the molecule is Cc1ccc(Nc2nc(-c3ccccc3)nc3ccccc23)cc1S(=O)(=O)Nc1ccccc1. The van der Waals surface area contributed by atoms with Gasteiger partial charge in [-0.2, -0.15) is 0 Å². The number of nitrogens with zero attached hydrogens (tertiary/aromatic N) is 2. The third-order valence-electron chi connectivity index (χ3n) is 5.40. The van der Waals surface area contributed by atoms with Crippen LogP contribution in [0.25, 0.3) is 22.3 Å². The van der Waals surface area contributed by atoms with Gasteiger partial charge >= 0.3 is 0 Å². The van der Waals surface area contributed by atoms with Gasteiger partial charge in [-0.1, -0.05) is 66.7 Å². The third kappa shape index (κ3) is 4.46. The maximum absolute atomic E-state index is 13.1. The minimum atomic E-state index is -3.78. The van der Waals surface area contributed by atoms with Gasteiger partial charge < -0.3 is 5.32 Å². The number of nitrogens with one attached hydrogen (secondary N) is 2. The fourth-order valence-electron chi connectivity index (χ4n) is 3.71. The zero-order chi connectivity index (χ0) is 23.5. The highest BCUT2D eigenvalue weighted by Crippen LogP contribution is 2.29. The van der Waals surface area contributed by atoms with Gasteiger partial charge in [0, 0.05) is 22.3 Å². The first-order valence-electron chi connectivity index (χ1n) is 10.8. The molecule has 4 aromatic carbocycles. The van der Waals surface area contributed by atoms with E-state index in [1.165, 1.54) is 0 Å². The highest BCUT2D eigenvalue weighted by molar-refractivity contribution is 7.92. The van der Waals surface area contributed by atoms with E-state index in [1.807, 2.05) is 66.7 Å². The number of hydrogen-bond acceptors (Lipinski definition) is 5. The van der Waals surface area contributed by atoms with Crippen molar-refractivity contribution < 1.29 is 8.42 Å². The summed E-state index contributed by atoms with van der Waals surface area (Å²) in [6, 6.07) is 31.6. The van der Waals surface area contributed by atoms with Crippen molar-refractivity contribution in [3.8, 4) is 11.4 Å². The second-order valence-corrected chi connectivity index (χ2v) is 9.51. The Bertz CT molecular complexity index is 1570. The van der Waals surface area contributed by atoms with Crippen molar-refractivity contribution in [1.82, 2.24) is 9.97 Å². The second-order valence-electron chi connectivity index (χ2n) is 7.86. The maximum Gasteiger partial charge on any atom is 0.262 e. The average Bonchev–Trinajstić information content (AvgIpc) is 2.86. The van der Waals surface area contributed by atoms with E-state index in [9.17, 15) is 8.42 Å². The molecule has 0 atom stereocenters. The molecule has 1 heterocycles. The van der Waals surface area contributed by atoms with Crippen molar-refractivity contribution in [3.05, 3.63) is 109 Å². The van der Waals surface area contributed by atoms with Crippen LogP contribution in [0.5, 0.6) is 0 Å². The molecule has 2 N–H and O–H groups in total. The van der Waals surface area contributed by atoms with Crippen LogP contribution in [-0.4, -0.2) is 18.4 Å². The molecule has 7 heteroatoms. The van der Waals surface area contributed by atoms with E-state index in [0.717, 1.165) is 16.5 Å². The van der Waals surface area contributed by atoms with Crippen molar-refractivity contribution in [1.29, 1.82) is 0 Å².